The van der Waals surface area contributed by atoms with Gasteiger partial charge in [0.2, 0.25) is 0 Å². The maximum absolute atomic E-state index is 11.4. The third-order valence-electron chi connectivity index (χ3n) is 2.75. The largest absolute Gasteiger partial charge is 0.468 e. The van der Waals surface area contributed by atoms with Gasteiger partial charge in [0.05, 0.1) is 13.7 Å². The van der Waals surface area contributed by atoms with Crippen LogP contribution in [0.2, 0.25) is 0 Å². The molecule has 1 atom stereocenters. The lowest BCUT2D eigenvalue weighted by molar-refractivity contribution is -0.145. The molecule has 0 heterocycles. The van der Waals surface area contributed by atoms with E-state index in [1.807, 2.05) is 0 Å². The van der Waals surface area contributed by atoms with Crippen LogP contribution >= 0.6 is 0 Å². The van der Waals surface area contributed by atoms with Gasteiger partial charge in [0.1, 0.15) is 6.04 Å². The van der Waals surface area contributed by atoms with Gasteiger partial charge in [-0.25, -0.2) is 0 Å². The van der Waals surface area contributed by atoms with Gasteiger partial charge in [0.25, 0.3) is 0 Å². The van der Waals surface area contributed by atoms with Gasteiger partial charge in [-0.05, 0) is 18.8 Å². The van der Waals surface area contributed by atoms with Crippen molar-refractivity contribution in [2.24, 2.45) is 5.92 Å². The van der Waals surface area contributed by atoms with Crippen LogP contribution < -0.4 is 5.32 Å². The van der Waals surface area contributed by atoms with E-state index in [0.29, 0.717) is 19.1 Å². The van der Waals surface area contributed by atoms with Gasteiger partial charge >= 0.3 is 5.97 Å². The van der Waals surface area contributed by atoms with Crippen LogP contribution in [0, 0.1) is 5.92 Å². The van der Waals surface area contributed by atoms with E-state index in [2.05, 4.69) is 5.32 Å². The van der Waals surface area contributed by atoms with Gasteiger partial charge in [-0.1, -0.05) is 6.42 Å². The van der Waals surface area contributed by atoms with Crippen molar-refractivity contribution in [2.45, 2.75) is 25.3 Å². The molecular weight excluding hydrogens is 182 g/mol. The second kappa shape index (κ2) is 5.98. The van der Waals surface area contributed by atoms with Crippen molar-refractivity contribution in [3.8, 4) is 0 Å². The van der Waals surface area contributed by atoms with Crippen molar-refractivity contribution in [3.05, 3.63) is 0 Å². The molecule has 1 unspecified atom stereocenters. The summed E-state index contributed by atoms with van der Waals surface area (Å²) in [6, 6.07) is -0.135. The topological polar surface area (TPSA) is 47.6 Å². The maximum Gasteiger partial charge on any atom is 0.323 e. The second-order valence-electron chi connectivity index (χ2n) is 3.64. The van der Waals surface area contributed by atoms with Gasteiger partial charge in [-0.2, -0.15) is 0 Å². The highest BCUT2D eigenvalue weighted by molar-refractivity contribution is 5.76. The lowest BCUT2D eigenvalue weighted by Crippen LogP contribution is -2.47. The van der Waals surface area contributed by atoms with Crippen LogP contribution in [0.25, 0.3) is 0 Å². The van der Waals surface area contributed by atoms with Crippen molar-refractivity contribution < 1.29 is 14.3 Å². The molecule has 1 N–H and O–H groups in total. The van der Waals surface area contributed by atoms with E-state index in [0.717, 1.165) is 12.8 Å². The van der Waals surface area contributed by atoms with Crippen molar-refractivity contribution in [1.82, 2.24) is 5.32 Å². The summed E-state index contributed by atoms with van der Waals surface area (Å²) in [4.78, 5) is 11.4. The first kappa shape index (κ1) is 11.5. The molecule has 1 rings (SSSR count). The molecule has 14 heavy (non-hydrogen) atoms. The molecule has 4 heteroatoms. The molecule has 1 saturated carbocycles. The first-order chi connectivity index (χ1) is 6.79. The number of nitrogens with one attached hydrogen (secondary N) is 1. The third kappa shape index (κ3) is 2.96. The van der Waals surface area contributed by atoms with E-state index in [1.54, 1.807) is 7.11 Å². The summed E-state index contributed by atoms with van der Waals surface area (Å²) in [5.74, 6) is 0.310. The minimum Gasteiger partial charge on any atom is -0.468 e. The molecule has 0 aliphatic heterocycles. The zero-order valence-electron chi connectivity index (χ0n) is 8.91. The number of carbonyl (C=O) groups excluding carboxylic acids is 1. The average Bonchev–Trinajstić information content (AvgIpc) is 2.12. The molecule has 0 aromatic rings. The summed E-state index contributed by atoms with van der Waals surface area (Å²) in [6.07, 6.45) is 3.48. The standard InChI is InChI=1S/C10H19NO3/c1-13-7-6-11-9(10(12)14-2)8-4-3-5-8/h8-9,11H,3-7H2,1-2H3. The predicted molar refractivity (Wildman–Crippen MR) is 53.0 cm³/mol. The SMILES string of the molecule is COCCNC(C(=O)OC)C1CCC1. The number of hydrogen-bond donors (Lipinski definition) is 1. The summed E-state index contributed by atoms with van der Waals surface area (Å²) < 4.78 is 9.68. The molecule has 1 aliphatic rings. The highest BCUT2D eigenvalue weighted by Crippen LogP contribution is 2.29. The highest BCUT2D eigenvalue weighted by atomic mass is 16.5. The zero-order chi connectivity index (χ0) is 10.4. The normalized spacial score (nSPS) is 18.7. The second-order valence-corrected chi connectivity index (χ2v) is 3.64. The Morgan fingerprint density at radius 2 is 2.21 bits per heavy atom. The minimum absolute atomic E-state index is 0.135. The van der Waals surface area contributed by atoms with Crippen molar-refractivity contribution >= 4 is 5.97 Å². The van der Waals surface area contributed by atoms with Crippen LogP contribution in [0.5, 0.6) is 0 Å². The summed E-state index contributed by atoms with van der Waals surface area (Å²) in [5.41, 5.74) is 0. The van der Waals surface area contributed by atoms with Gasteiger partial charge in [-0.15, -0.1) is 0 Å². The van der Waals surface area contributed by atoms with Gasteiger partial charge in [0.15, 0.2) is 0 Å². The fourth-order valence-corrected chi connectivity index (χ4v) is 1.66. The van der Waals surface area contributed by atoms with Crippen LogP contribution in [-0.2, 0) is 14.3 Å². The lowest BCUT2D eigenvalue weighted by atomic mass is 9.79. The Balaban J connectivity index is 2.32. The van der Waals surface area contributed by atoms with Gasteiger partial charge in [-0.3, -0.25) is 4.79 Å². The zero-order valence-corrected chi connectivity index (χ0v) is 8.91. The molecule has 1 fully saturated rings. The fourth-order valence-electron chi connectivity index (χ4n) is 1.66. The van der Waals surface area contributed by atoms with E-state index in [9.17, 15) is 4.79 Å². The molecule has 0 spiro atoms. The van der Waals surface area contributed by atoms with Crippen molar-refractivity contribution in [1.29, 1.82) is 0 Å². The molecule has 0 saturated heterocycles. The maximum atomic E-state index is 11.4. The summed E-state index contributed by atoms with van der Waals surface area (Å²) >= 11 is 0. The molecule has 4 nitrogen and oxygen atoms in total. The molecule has 0 radical (unpaired) electrons. The Kier molecular flexibility index (Phi) is 4.90. The minimum atomic E-state index is -0.147. The van der Waals surface area contributed by atoms with E-state index < -0.39 is 0 Å². The first-order valence-corrected chi connectivity index (χ1v) is 5.09. The Bertz CT molecular complexity index is 180. The van der Waals surface area contributed by atoms with E-state index in [4.69, 9.17) is 9.47 Å². The lowest BCUT2D eigenvalue weighted by Gasteiger charge is -2.32. The fraction of sp³-hybridized carbons (Fsp3) is 0.900. The number of carbonyl (C=O) groups is 1. The van der Waals surface area contributed by atoms with Crippen LogP contribution in [0.15, 0.2) is 0 Å². The highest BCUT2D eigenvalue weighted by Gasteiger charge is 2.32. The monoisotopic (exact) mass is 201 g/mol. The number of ether oxygens (including phenoxy) is 2. The molecule has 0 aromatic carbocycles. The summed E-state index contributed by atoms with van der Waals surface area (Å²) in [7, 11) is 3.09. The Morgan fingerprint density at radius 1 is 1.50 bits per heavy atom. The van der Waals surface area contributed by atoms with E-state index in [-0.39, 0.29) is 12.0 Å². The van der Waals surface area contributed by atoms with Crippen molar-refractivity contribution in [3.63, 3.8) is 0 Å². The number of rotatable bonds is 6. The Labute approximate surface area is 85.0 Å². The van der Waals surface area contributed by atoms with Crippen molar-refractivity contribution in [2.75, 3.05) is 27.4 Å². The third-order valence-corrected chi connectivity index (χ3v) is 2.75. The van der Waals surface area contributed by atoms with Crippen LogP contribution in [0.3, 0.4) is 0 Å². The van der Waals surface area contributed by atoms with Gasteiger partial charge in [0, 0.05) is 13.7 Å². The molecule has 0 bridgehead atoms. The quantitative estimate of drug-likeness (QED) is 0.504. The van der Waals surface area contributed by atoms with E-state index >= 15 is 0 Å². The van der Waals surface area contributed by atoms with E-state index in [1.165, 1.54) is 13.5 Å². The Hall–Kier alpha value is -0.610. The molecule has 1 aliphatic carbocycles. The molecule has 0 aromatic heterocycles. The summed E-state index contributed by atoms with van der Waals surface area (Å²) in [6.45, 7) is 1.33. The van der Waals surface area contributed by atoms with Crippen LogP contribution in [0.1, 0.15) is 19.3 Å². The smallest absolute Gasteiger partial charge is 0.323 e. The average molecular weight is 201 g/mol. The Morgan fingerprint density at radius 3 is 2.64 bits per heavy atom. The predicted octanol–water partition coefficient (Wildman–Crippen LogP) is 0.564. The molecule has 82 valence electrons. The molecule has 0 amide bonds. The number of esters is 1. The number of hydrogen-bond acceptors (Lipinski definition) is 4. The summed E-state index contributed by atoms with van der Waals surface area (Å²) in [5, 5.41) is 3.17. The van der Waals surface area contributed by atoms with Crippen LogP contribution in [-0.4, -0.2) is 39.4 Å². The molecular formula is C10H19NO3. The first-order valence-electron chi connectivity index (χ1n) is 5.09. The van der Waals surface area contributed by atoms with Gasteiger partial charge < -0.3 is 14.8 Å². The van der Waals surface area contributed by atoms with Crippen LogP contribution in [0.4, 0.5) is 0 Å². The number of methoxy groups -OCH3 is 2.